The summed E-state index contributed by atoms with van der Waals surface area (Å²) in [4.78, 5) is 11.8. The van der Waals surface area contributed by atoms with Crippen molar-refractivity contribution in [3.05, 3.63) is 22.7 Å². The van der Waals surface area contributed by atoms with Crippen LogP contribution in [0.25, 0.3) is 0 Å². The molecule has 0 atom stereocenters. The molecule has 0 saturated heterocycles. The van der Waals surface area contributed by atoms with Crippen molar-refractivity contribution in [3.63, 3.8) is 0 Å². The highest BCUT2D eigenvalue weighted by molar-refractivity contribution is 6.32. The molecule has 4 nitrogen and oxygen atoms in total. The van der Waals surface area contributed by atoms with Crippen LogP contribution in [-0.2, 0) is 10.2 Å². The van der Waals surface area contributed by atoms with Crippen LogP contribution in [0.2, 0.25) is 5.02 Å². The van der Waals surface area contributed by atoms with E-state index < -0.39 is 11.4 Å². The van der Waals surface area contributed by atoms with Crippen molar-refractivity contribution in [1.29, 1.82) is 0 Å². The summed E-state index contributed by atoms with van der Waals surface area (Å²) in [5, 5.41) is 10.1. The fourth-order valence-electron chi connectivity index (χ4n) is 3.11. The topological polar surface area (TPSA) is 55.8 Å². The number of carboxylic acids is 1. The molecule has 2 aliphatic rings. The van der Waals surface area contributed by atoms with Crippen molar-refractivity contribution in [2.45, 2.75) is 37.5 Å². The van der Waals surface area contributed by atoms with Crippen molar-refractivity contribution in [1.82, 2.24) is 0 Å². The number of carbonyl (C=O) groups is 1. The Bertz CT molecular complexity index is 535. The summed E-state index contributed by atoms with van der Waals surface area (Å²) in [6, 6.07) is 3.53. The molecule has 0 amide bonds. The molecule has 108 valence electrons. The summed E-state index contributed by atoms with van der Waals surface area (Å²) in [6.07, 6.45) is 3.96. The monoisotopic (exact) mass is 296 g/mol. The van der Waals surface area contributed by atoms with Gasteiger partial charge in [-0.15, -0.1) is 0 Å². The van der Waals surface area contributed by atoms with E-state index in [0.717, 1.165) is 24.8 Å². The molecule has 1 N–H and O–H groups in total. The molecule has 1 saturated carbocycles. The summed E-state index contributed by atoms with van der Waals surface area (Å²) < 4.78 is 11.2. The lowest BCUT2D eigenvalue weighted by Gasteiger charge is -2.25. The molecule has 0 spiro atoms. The smallest absolute Gasteiger partial charge is 0.314 e. The predicted octanol–water partition coefficient (Wildman–Crippen LogP) is 3.40. The predicted molar refractivity (Wildman–Crippen MR) is 74.8 cm³/mol. The number of hydrogen-bond acceptors (Lipinski definition) is 3. The maximum atomic E-state index is 11.8. The van der Waals surface area contributed by atoms with E-state index >= 15 is 0 Å². The van der Waals surface area contributed by atoms with E-state index in [1.54, 1.807) is 12.1 Å². The van der Waals surface area contributed by atoms with Crippen molar-refractivity contribution in [3.8, 4) is 11.5 Å². The highest BCUT2D eigenvalue weighted by Gasteiger charge is 2.43. The second-order valence-electron chi connectivity index (χ2n) is 5.43. The number of hydrogen-bond donors (Lipinski definition) is 1. The van der Waals surface area contributed by atoms with Gasteiger partial charge in [0.05, 0.1) is 23.7 Å². The largest absolute Gasteiger partial charge is 0.489 e. The minimum atomic E-state index is -0.825. The molecule has 1 aromatic carbocycles. The van der Waals surface area contributed by atoms with Crippen molar-refractivity contribution in [2.24, 2.45) is 0 Å². The van der Waals surface area contributed by atoms with Gasteiger partial charge in [-0.2, -0.15) is 0 Å². The van der Waals surface area contributed by atoms with Crippen molar-refractivity contribution < 1.29 is 19.4 Å². The molecule has 0 aromatic heterocycles. The van der Waals surface area contributed by atoms with Gasteiger partial charge < -0.3 is 14.6 Å². The number of carboxylic acid groups (broad SMARTS) is 1. The van der Waals surface area contributed by atoms with Crippen LogP contribution in [0.4, 0.5) is 0 Å². The van der Waals surface area contributed by atoms with E-state index in [4.69, 9.17) is 21.1 Å². The second kappa shape index (κ2) is 5.17. The van der Waals surface area contributed by atoms with Gasteiger partial charge in [-0.1, -0.05) is 24.4 Å². The highest BCUT2D eigenvalue weighted by Crippen LogP contribution is 2.46. The first kappa shape index (κ1) is 13.6. The molecule has 0 bridgehead atoms. The van der Waals surface area contributed by atoms with Gasteiger partial charge in [-0.3, -0.25) is 4.79 Å². The molecular weight excluding hydrogens is 280 g/mol. The number of ether oxygens (including phenoxy) is 2. The SMILES string of the molecule is O=C(O)C1(c2cc(Cl)c3c(c2)OCCCO3)CCCC1. The fraction of sp³-hybridized carbons (Fsp3) is 0.533. The van der Waals surface area contributed by atoms with Crippen LogP contribution in [0.15, 0.2) is 12.1 Å². The zero-order valence-corrected chi connectivity index (χ0v) is 11.9. The Hall–Kier alpha value is -1.42. The molecule has 3 rings (SSSR count). The van der Waals surface area contributed by atoms with Gasteiger partial charge in [-0.25, -0.2) is 0 Å². The first-order valence-electron chi connectivity index (χ1n) is 6.96. The Morgan fingerprint density at radius 2 is 1.85 bits per heavy atom. The lowest BCUT2D eigenvalue weighted by Crippen LogP contribution is -2.32. The van der Waals surface area contributed by atoms with Crippen LogP contribution in [0.5, 0.6) is 11.5 Å². The summed E-state index contributed by atoms with van der Waals surface area (Å²) in [6.45, 7) is 1.13. The average Bonchev–Trinajstić information content (AvgIpc) is 2.80. The van der Waals surface area contributed by atoms with Crippen molar-refractivity contribution >= 4 is 17.6 Å². The van der Waals surface area contributed by atoms with E-state index in [1.165, 1.54) is 0 Å². The zero-order valence-electron chi connectivity index (χ0n) is 11.2. The standard InChI is InChI=1S/C15H17ClO4/c16-11-8-10(15(14(17)18)4-1-2-5-15)9-12-13(11)20-7-3-6-19-12/h8-9H,1-7H2,(H,17,18). The summed E-state index contributed by atoms with van der Waals surface area (Å²) in [5.41, 5.74) is -0.0920. The maximum absolute atomic E-state index is 11.8. The molecule has 1 aliphatic heterocycles. The minimum Gasteiger partial charge on any atom is -0.489 e. The van der Waals surface area contributed by atoms with Gasteiger partial charge in [0, 0.05) is 6.42 Å². The molecule has 0 unspecified atom stereocenters. The molecule has 5 heteroatoms. The van der Waals surface area contributed by atoms with Gasteiger partial charge in [0.25, 0.3) is 0 Å². The highest BCUT2D eigenvalue weighted by atomic mass is 35.5. The Morgan fingerprint density at radius 1 is 1.15 bits per heavy atom. The number of rotatable bonds is 2. The third kappa shape index (κ3) is 2.12. The lowest BCUT2D eigenvalue weighted by atomic mass is 9.79. The molecule has 1 aromatic rings. The van der Waals surface area contributed by atoms with E-state index in [2.05, 4.69) is 0 Å². The Kier molecular flexibility index (Phi) is 3.50. The van der Waals surface area contributed by atoms with E-state index in [0.29, 0.717) is 42.6 Å². The van der Waals surface area contributed by atoms with Gasteiger partial charge >= 0.3 is 5.97 Å². The molecule has 0 radical (unpaired) electrons. The minimum absolute atomic E-state index is 0.437. The Balaban J connectivity index is 2.08. The zero-order chi connectivity index (χ0) is 14.2. The molecule has 1 heterocycles. The van der Waals surface area contributed by atoms with Gasteiger partial charge in [0.1, 0.15) is 0 Å². The summed E-state index contributed by atoms with van der Waals surface area (Å²) >= 11 is 6.27. The van der Waals surface area contributed by atoms with E-state index in [9.17, 15) is 9.90 Å². The van der Waals surface area contributed by atoms with Crippen LogP contribution < -0.4 is 9.47 Å². The maximum Gasteiger partial charge on any atom is 0.314 e. The van der Waals surface area contributed by atoms with Gasteiger partial charge in [0.15, 0.2) is 11.5 Å². The third-order valence-corrected chi connectivity index (χ3v) is 4.50. The first-order chi connectivity index (χ1) is 9.63. The van der Waals surface area contributed by atoms with Crippen LogP contribution in [-0.4, -0.2) is 24.3 Å². The Labute approximate surface area is 122 Å². The second-order valence-corrected chi connectivity index (χ2v) is 5.84. The van der Waals surface area contributed by atoms with Crippen LogP contribution in [0, 0.1) is 0 Å². The number of aliphatic carboxylic acids is 1. The van der Waals surface area contributed by atoms with Gasteiger partial charge in [0.2, 0.25) is 0 Å². The number of halogens is 1. The van der Waals surface area contributed by atoms with Crippen LogP contribution >= 0.6 is 11.6 Å². The quantitative estimate of drug-likeness (QED) is 0.909. The molecule has 1 fully saturated rings. The third-order valence-electron chi connectivity index (χ3n) is 4.22. The summed E-state index contributed by atoms with van der Waals surface area (Å²) in [5.74, 6) is 0.324. The Morgan fingerprint density at radius 3 is 2.55 bits per heavy atom. The number of benzene rings is 1. The molecule has 1 aliphatic carbocycles. The number of fused-ring (bicyclic) bond motifs is 1. The van der Waals surface area contributed by atoms with Crippen LogP contribution in [0.1, 0.15) is 37.7 Å². The van der Waals surface area contributed by atoms with E-state index in [-0.39, 0.29) is 0 Å². The normalized spacial score (nSPS) is 20.4. The molecular formula is C15H17ClO4. The van der Waals surface area contributed by atoms with Crippen molar-refractivity contribution in [2.75, 3.05) is 13.2 Å². The summed E-state index contributed by atoms with van der Waals surface area (Å²) in [7, 11) is 0. The first-order valence-corrected chi connectivity index (χ1v) is 7.34. The van der Waals surface area contributed by atoms with Crippen LogP contribution in [0.3, 0.4) is 0 Å². The van der Waals surface area contributed by atoms with Gasteiger partial charge in [-0.05, 0) is 30.5 Å². The average molecular weight is 297 g/mol. The van der Waals surface area contributed by atoms with E-state index in [1.807, 2.05) is 0 Å². The fourth-order valence-corrected chi connectivity index (χ4v) is 3.38. The molecule has 20 heavy (non-hydrogen) atoms. The lowest BCUT2D eigenvalue weighted by molar-refractivity contribution is -0.143.